The molecule has 2 atom stereocenters. The maximum absolute atomic E-state index is 13.3. The summed E-state index contributed by atoms with van der Waals surface area (Å²) in [4.78, 5) is 20.1. The number of pyridine rings is 1. The first-order valence-electron chi connectivity index (χ1n) is 7.89. The minimum atomic E-state index is -2.61. The number of aliphatic hydroxyl groups excluding tert-OH is 1. The van der Waals surface area contributed by atoms with Crippen molar-refractivity contribution in [1.29, 1.82) is 0 Å². The molecule has 0 spiro atoms. The Balaban J connectivity index is 1.65. The summed E-state index contributed by atoms with van der Waals surface area (Å²) in [7, 11) is 0. The third-order valence-corrected chi connectivity index (χ3v) is 4.65. The molecule has 2 fully saturated rings. The zero-order valence-corrected chi connectivity index (χ0v) is 13.1. The van der Waals surface area contributed by atoms with Crippen LogP contribution in [0.25, 0.3) is 0 Å². The first kappa shape index (κ1) is 16.3. The van der Waals surface area contributed by atoms with E-state index in [9.17, 15) is 18.7 Å². The zero-order valence-electron chi connectivity index (χ0n) is 13.1. The standard InChI is InChI=1S/C16H21F2N3O2/c1-11-3-2-4-12(19-11)15(23)21-9-13(14(22)10-21)20-7-5-16(17,18)6-8-20/h2-4,13-14,22H,5-10H2,1H3/t13-,14-/m1/s1. The number of piperidine rings is 1. The van der Waals surface area contributed by atoms with Crippen LogP contribution in [0.1, 0.15) is 29.0 Å². The van der Waals surface area contributed by atoms with Gasteiger partial charge in [0.15, 0.2) is 0 Å². The number of carbonyl (C=O) groups excluding carboxylic acids is 1. The molecule has 2 aliphatic rings. The van der Waals surface area contributed by atoms with E-state index in [1.165, 1.54) is 0 Å². The predicted molar refractivity (Wildman–Crippen MR) is 80.4 cm³/mol. The quantitative estimate of drug-likeness (QED) is 0.891. The molecule has 0 saturated carbocycles. The highest BCUT2D eigenvalue weighted by atomic mass is 19.3. The lowest BCUT2D eigenvalue weighted by Gasteiger charge is -2.36. The van der Waals surface area contributed by atoms with Crippen molar-refractivity contribution in [3.63, 3.8) is 0 Å². The molecular weight excluding hydrogens is 304 g/mol. The van der Waals surface area contributed by atoms with Crippen molar-refractivity contribution in [3.8, 4) is 0 Å². The SMILES string of the molecule is Cc1cccc(C(=O)N2C[C@@H](O)[C@H](N3CCC(F)(F)CC3)C2)n1. The highest BCUT2D eigenvalue weighted by molar-refractivity contribution is 5.92. The molecule has 1 amide bonds. The van der Waals surface area contributed by atoms with E-state index >= 15 is 0 Å². The first-order valence-corrected chi connectivity index (χ1v) is 7.89. The van der Waals surface area contributed by atoms with Crippen molar-refractivity contribution in [2.45, 2.75) is 37.8 Å². The largest absolute Gasteiger partial charge is 0.390 e. The third kappa shape index (κ3) is 3.50. The second-order valence-electron chi connectivity index (χ2n) is 6.40. The van der Waals surface area contributed by atoms with E-state index in [1.807, 2.05) is 17.9 Å². The number of rotatable bonds is 2. The fourth-order valence-corrected chi connectivity index (χ4v) is 3.30. The second-order valence-corrected chi connectivity index (χ2v) is 6.40. The minimum Gasteiger partial charge on any atom is -0.390 e. The topological polar surface area (TPSA) is 56.7 Å². The summed E-state index contributed by atoms with van der Waals surface area (Å²) in [6, 6.07) is 4.95. The first-order chi connectivity index (χ1) is 10.9. The highest BCUT2D eigenvalue weighted by Gasteiger charge is 2.42. The summed E-state index contributed by atoms with van der Waals surface area (Å²) >= 11 is 0. The van der Waals surface area contributed by atoms with Gasteiger partial charge in [-0.2, -0.15) is 0 Å². The smallest absolute Gasteiger partial charge is 0.272 e. The molecule has 0 bridgehead atoms. The number of β-amino-alcohol motifs (C(OH)–C–C–N with tert-alkyl or cyclic N) is 1. The predicted octanol–water partition coefficient (Wildman–Crippen LogP) is 1.31. The summed E-state index contributed by atoms with van der Waals surface area (Å²) < 4.78 is 26.5. The van der Waals surface area contributed by atoms with Gasteiger partial charge in [-0.1, -0.05) is 6.07 Å². The van der Waals surface area contributed by atoms with E-state index in [4.69, 9.17) is 0 Å². The van der Waals surface area contributed by atoms with Crippen molar-refractivity contribution in [2.75, 3.05) is 26.2 Å². The average Bonchev–Trinajstić information content (AvgIpc) is 2.88. The monoisotopic (exact) mass is 325 g/mol. The minimum absolute atomic E-state index is 0.191. The second kappa shape index (κ2) is 6.13. The molecule has 3 rings (SSSR count). The van der Waals surface area contributed by atoms with Crippen LogP contribution in [0, 0.1) is 6.92 Å². The number of amides is 1. The third-order valence-electron chi connectivity index (χ3n) is 4.65. The maximum atomic E-state index is 13.3. The number of aryl methyl sites for hydroxylation is 1. The van der Waals surface area contributed by atoms with Crippen LogP contribution in [0.5, 0.6) is 0 Å². The van der Waals surface area contributed by atoms with Gasteiger partial charge in [0.1, 0.15) is 5.69 Å². The van der Waals surface area contributed by atoms with E-state index in [1.54, 1.807) is 17.0 Å². The molecule has 0 radical (unpaired) electrons. The summed E-state index contributed by atoms with van der Waals surface area (Å²) in [5.41, 5.74) is 1.11. The number of aliphatic hydroxyl groups is 1. The molecule has 7 heteroatoms. The molecule has 1 aromatic heterocycles. The van der Waals surface area contributed by atoms with Crippen LogP contribution in [-0.2, 0) is 0 Å². The van der Waals surface area contributed by atoms with Gasteiger partial charge in [-0.3, -0.25) is 9.69 Å². The lowest BCUT2D eigenvalue weighted by Crippen LogP contribution is -2.49. The maximum Gasteiger partial charge on any atom is 0.272 e. The van der Waals surface area contributed by atoms with E-state index in [-0.39, 0.29) is 44.4 Å². The van der Waals surface area contributed by atoms with E-state index < -0.39 is 12.0 Å². The van der Waals surface area contributed by atoms with Gasteiger partial charge >= 0.3 is 0 Å². The Labute approximate surface area is 133 Å². The van der Waals surface area contributed by atoms with Crippen LogP contribution in [-0.4, -0.2) is 70.0 Å². The van der Waals surface area contributed by atoms with Gasteiger partial charge in [0.05, 0.1) is 12.1 Å². The average molecular weight is 325 g/mol. The summed E-state index contributed by atoms with van der Waals surface area (Å²) in [6.45, 7) is 2.87. The Bertz CT molecular complexity index is 586. The molecule has 0 aliphatic carbocycles. The molecule has 5 nitrogen and oxygen atoms in total. The molecule has 126 valence electrons. The molecule has 1 aromatic rings. The Morgan fingerprint density at radius 3 is 2.65 bits per heavy atom. The van der Waals surface area contributed by atoms with E-state index in [0.29, 0.717) is 12.2 Å². The summed E-state index contributed by atoms with van der Waals surface area (Å²) in [5.74, 6) is -2.83. The number of nitrogens with zero attached hydrogens (tertiary/aromatic N) is 3. The van der Waals surface area contributed by atoms with Crippen LogP contribution in [0.15, 0.2) is 18.2 Å². The van der Waals surface area contributed by atoms with Crippen LogP contribution < -0.4 is 0 Å². The molecule has 23 heavy (non-hydrogen) atoms. The van der Waals surface area contributed by atoms with Gasteiger partial charge in [0.25, 0.3) is 11.8 Å². The van der Waals surface area contributed by atoms with Crippen LogP contribution in [0.3, 0.4) is 0 Å². The Morgan fingerprint density at radius 1 is 1.30 bits per heavy atom. The molecular formula is C16H21F2N3O2. The van der Waals surface area contributed by atoms with E-state index in [2.05, 4.69) is 4.98 Å². The van der Waals surface area contributed by atoms with Gasteiger partial charge in [0, 0.05) is 44.7 Å². The molecule has 2 aliphatic heterocycles. The Morgan fingerprint density at radius 2 is 2.00 bits per heavy atom. The van der Waals surface area contributed by atoms with Gasteiger partial charge in [-0.05, 0) is 19.1 Å². The number of hydrogen-bond acceptors (Lipinski definition) is 4. The molecule has 0 unspecified atom stereocenters. The highest BCUT2D eigenvalue weighted by Crippen LogP contribution is 2.30. The van der Waals surface area contributed by atoms with Crippen molar-refractivity contribution in [2.24, 2.45) is 0 Å². The summed E-state index contributed by atoms with van der Waals surface area (Å²) in [5, 5.41) is 10.2. The van der Waals surface area contributed by atoms with Gasteiger partial charge < -0.3 is 10.0 Å². The van der Waals surface area contributed by atoms with Crippen molar-refractivity contribution >= 4 is 5.91 Å². The van der Waals surface area contributed by atoms with E-state index in [0.717, 1.165) is 5.69 Å². The number of likely N-dealkylation sites (tertiary alicyclic amines) is 2. The summed E-state index contributed by atoms with van der Waals surface area (Å²) in [6.07, 6.45) is -1.09. The van der Waals surface area contributed by atoms with Crippen LogP contribution in [0.2, 0.25) is 0 Å². The molecule has 3 heterocycles. The molecule has 1 N–H and O–H groups in total. The van der Waals surface area contributed by atoms with Gasteiger partial charge in [0.2, 0.25) is 0 Å². The van der Waals surface area contributed by atoms with Crippen molar-refractivity contribution in [1.82, 2.24) is 14.8 Å². The fraction of sp³-hybridized carbons (Fsp3) is 0.625. The molecule has 2 saturated heterocycles. The number of aromatic nitrogens is 1. The Hall–Kier alpha value is -1.60. The number of hydrogen-bond donors (Lipinski definition) is 1. The van der Waals surface area contributed by atoms with Gasteiger partial charge in [-0.25, -0.2) is 13.8 Å². The Kier molecular flexibility index (Phi) is 4.33. The zero-order chi connectivity index (χ0) is 16.6. The van der Waals surface area contributed by atoms with Crippen molar-refractivity contribution < 1.29 is 18.7 Å². The molecule has 0 aromatic carbocycles. The van der Waals surface area contributed by atoms with Crippen LogP contribution >= 0.6 is 0 Å². The lowest BCUT2D eigenvalue weighted by molar-refractivity contribution is -0.0697. The number of alkyl halides is 2. The van der Waals surface area contributed by atoms with Crippen molar-refractivity contribution in [3.05, 3.63) is 29.6 Å². The normalized spacial score (nSPS) is 28.1. The number of carbonyl (C=O) groups is 1. The van der Waals surface area contributed by atoms with Gasteiger partial charge in [-0.15, -0.1) is 0 Å². The fourth-order valence-electron chi connectivity index (χ4n) is 3.30. The number of halogens is 2. The lowest BCUT2D eigenvalue weighted by atomic mass is 10.0. The van der Waals surface area contributed by atoms with Crippen LogP contribution in [0.4, 0.5) is 8.78 Å².